The Hall–Kier alpha value is -3.70. The maximum absolute atomic E-state index is 9.25. The van der Waals surface area contributed by atoms with E-state index in [2.05, 4.69) is 39.6 Å². The summed E-state index contributed by atoms with van der Waals surface area (Å²) in [6, 6.07) is 10.3. The minimum Gasteiger partial charge on any atom is -0.372 e. The van der Waals surface area contributed by atoms with Gasteiger partial charge in [0, 0.05) is 50.9 Å². The highest BCUT2D eigenvalue weighted by Gasteiger charge is 2.30. The molecule has 0 bridgehead atoms. The highest BCUT2D eigenvalue weighted by Crippen LogP contribution is 2.38. The van der Waals surface area contributed by atoms with Crippen LogP contribution in [0.15, 0.2) is 47.6 Å². The first-order valence-electron chi connectivity index (χ1n) is 11.4. The number of nitrogens with two attached hydrogens (primary N) is 1. The van der Waals surface area contributed by atoms with Crippen LogP contribution in [0.1, 0.15) is 24.0 Å². The van der Waals surface area contributed by atoms with Crippen LogP contribution in [-0.4, -0.2) is 60.5 Å². The van der Waals surface area contributed by atoms with Crippen molar-refractivity contribution in [2.24, 2.45) is 16.8 Å². The molecule has 0 amide bonds. The molecule has 33 heavy (non-hydrogen) atoms. The number of aromatic nitrogens is 2. The van der Waals surface area contributed by atoms with Gasteiger partial charge in [-0.05, 0) is 30.5 Å². The van der Waals surface area contributed by atoms with Gasteiger partial charge in [-0.15, -0.1) is 0 Å². The summed E-state index contributed by atoms with van der Waals surface area (Å²) in [5.74, 6) is 1.69. The van der Waals surface area contributed by atoms with Crippen molar-refractivity contribution in [1.82, 2.24) is 15.0 Å². The number of rotatable bonds is 4. The Kier molecular flexibility index (Phi) is 5.56. The van der Waals surface area contributed by atoms with Crippen LogP contribution in [0.4, 0.5) is 11.8 Å². The van der Waals surface area contributed by atoms with Gasteiger partial charge in [0.2, 0.25) is 5.95 Å². The second kappa shape index (κ2) is 8.68. The molecule has 2 aromatic rings. The van der Waals surface area contributed by atoms with Crippen LogP contribution in [0, 0.1) is 17.2 Å². The topological polar surface area (TPSA) is 106 Å². The standard InChI is InChI=1S/C25H28N8/c1-28-24-22(18-7-8-21-19(13-18)15-29-32(21)2)23(17-5-3-16(14-26)4-6-17)30-25(31-24)33-11-9-20(27)10-12-33/h3-8,13,15,19-21H,9-12,27H2,1-2H3,(H,28,30,31). The largest absolute Gasteiger partial charge is 0.372 e. The summed E-state index contributed by atoms with van der Waals surface area (Å²) in [6.07, 6.45) is 10.4. The molecule has 3 heterocycles. The number of benzene rings is 1. The molecule has 1 aliphatic carbocycles. The molecule has 5 rings (SSSR count). The highest BCUT2D eigenvalue weighted by atomic mass is 15.5. The van der Waals surface area contributed by atoms with Crippen LogP contribution in [0.5, 0.6) is 0 Å². The molecule has 2 aliphatic heterocycles. The lowest BCUT2D eigenvalue weighted by atomic mass is 9.88. The number of likely N-dealkylation sites (N-methyl/N-ethyl adjacent to an activating group) is 1. The van der Waals surface area contributed by atoms with Gasteiger partial charge >= 0.3 is 0 Å². The Bertz CT molecular complexity index is 1170. The Morgan fingerprint density at radius 1 is 1.15 bits per heavy atom. The molecule has 8 nitrogen and oxygen atoms in total. The van der Waals surface area contributed by atoms with Gasteiger partial charge in [0.05, 0.1) is 28.9 Å². The van der Waals surface area contributed by atoms with Crippen molar-refractivity contribution in [3.8, 4) is 17.3 Å². The number of nitriles is 1. The zero-order valence-electron chi connectivity index (χ0n) is 18.9. The molecule has 1 aromatic heterocycles. The first-order chi connectivity index (χ1) is 16.1. The molecule has 0 radical (unpaired) electrons. The van der Waals surface area contributed by atoms with Crippen LogP contribution in [-0.2, 0) is 0 Å². The first kappa shape index (κ1) is 21.2. The van der Waals surface area contributed by atoms with E-state index in [0.717, 1.165) is 54.1 Å². The van der Waals surface area contributed by atoms with Crippen LogP contribution >= 0.6 is 0 Å². The molecular formula is C25H28N8. The minimum absolute atomic E-state index is 0.205. The predicted octanol–water partition coefficient (Wildman–Crippen LogP) is 2.85. The molecule has 3 N–H and O–H groups in total. The first-order valence-corrected chi connectivity index (χ1v) is 11.4. The fourth-order valence-electron chi connectivity index (χ4n) is 4.68. The number of hydrogen-bond acceptors (Lipinski definition) is 8. The van der Waals surface area contributed by atoms with Crippen LogP contribution in [0.2, 0.25) is 0 Å². The molecule has 3 aliphatic rings. The predicted molar refractivity (Wildman–Crippen MR) is 132 cm³/mol. The summed E-state index contributed by atoms with van der Waals surface area (Å²) in [5, 5.41) is 19.0. The molecule has 168 valence electrons. The fourth-order valence-corrected chi connectivity index (χ4v) is 4.68. The average molecular weight is 441 g/mol. The van der Waals surface area contributed by atoms with Gasteiger partial charge in [-0.2, -0.15) is 15.3 Å². The average Bonchev–Trinajstić information content (AvgIpc) is 3.23. The molecule has 0 saturated carbocycles. The lowest BCUT2D eigenvalue weighted by Crippen LogP contribution is -2.40. The number of nitrogens with zero attached hydrogens (tertiary/aromatic N) is 6. The number of nitrogens with one attached hydrogen (secondary N) is 1. The van der Waals surface area contributed by atoms with E-state index in [1.807, 2.05) is 49.6 Å². The van der Waals surface area contributed by atoms with Crippen molar-refractivity contribution in [3.63, 3.8) is 0 Å². The zero-order valence-corrected chi connectivity index (χ0v) is 18.9. The van der Waals surface area contributed by atoms with E-state index in [9.17, 15) is 5.26 Å². The molecule has 0 spiro atoms. The van der Waals surface area contributed by atoms with Crippen LogP contribution in [0.3, 0.4) is 0 Å². The molecule has 1 fully saturated rings. The quantitative estimate of drug-likeness (QED) is 0.753. The van der Waals surface area contributed by atoms with Crippen molar-refractivity contribution in [2.45, 2.75) is 24.9 Å². The maximum atomic E-state index is 9.25. The van der Waals surface area contributed by atoms with Crippen LogP contribution in [0.25, 0.3) is 16.8 Å². The lowest BCUT2D eigenvalue weighted by molar-refractivity contribution is 0.308. The number of hydrazone groups is 1. The smallest absolute Gasteiger partial charge is 0.227 e. The maximum Gasteiger partial charge on any atom is 0.227 e. The van der Waals surface area contributed by atoms with Crippen molar-refractivity contribution < 1.29 is 0 Å². The Morgan fingerprint density at radius 3 is 2.61 bits per heavy atom. The summed E-state index contributed by atoms with van der Waals surface area (Å²) in [4.78, 5) is 12.2. The number of allylic oxidation sites excluding steroid dienone is 2. The second-order valence-electron chi connectivity index (χ2n) is 8.75. The van der Waals surface area contributed by atoms with E-state index < -0.39 is 0 Å². The number of anilines is 2. The van der Waals surface area contributed by atoms with Gasteiger partial charge in [-0.25, -0.2) is 4.98 Å². The van der Waals surface area contributed by atoms with Crippen molar-refractivity contribution in [3.05, 3.63) is 53.6 Å². The van der Waals surface area contributed by atoms with Crippen molar-refractivity contribution in [1.29, 1.82) is 5.26 Å². The third kappa shape index (κ3) is 3.96. The highest BCUT2D eigenvalue weighted by molar-refractivity contribution is 5.92. The molecule has 8 heteroatoms. The van der Waals surface area contributed by atoms with E-state index in [0.29, 0.717) is 11.5 Å². The summed E-state index contributed by atoms with van der Waals surface area (Å²) < 4.78 is 0. The lowest BCUT2D eigenvalue weighted by Gasteiger charge is -2.31. The van der Waals surface area contributed by atoms with E-state index in [4.69, 9.17) is 15.7 Å². The Balaban J connectivity index is 1.64. The molecular weight excluding hydrogens is 412 g/mol. The third-order valence-corrected chi connectivity index (χ3v) is 6.62. The fraction of sp³-hybridized carbons (Fsp3) is 0.360. The zero-order chi connectivity index (χ0) is 22.9. The minimum atomic E-state index is 0.205. The third-order valence-electron chi connectivity index (χ3n) is 6.62. The number of piperidine rings is 1. The Morgan fingerprint density at radius 2 is 1.91 bits per heavy atom. The van der Waals surface area contributed by atoms with Gasteiger partial charge in [0.25, 0.3) is 0 Å². The molecule has 1 saturated heterocycles. The summed E-state index contributed by atoms with van der Waals surface area (Å²) >= 11 is 0. The summed E-state index contributed by atoms with van der Waals surface area (Å²) in [5.41, 5.74) is 10.6. The molecule has 1 aromatic carbocycles. The normalized spacial score (nSPS) is 22.2. The van der Waals surface area contributed by atoms with Gasteiger partial charge in [-0.3, -0.25) is 5.01 Å². The number of fused-ring (bicyclic) bond motifs is 1. The Labute approximate surface area is 194 Å². The van der Waals surface area contributed by atoms with Gasteiger partial charge in [0.1, 0.15) is 5.82 Å². The summed E-state index contributed by atoms with van der Waals surface area (Å²) in [7, 11) is 3.89. The second-order valence-corrected chi connectivity index (χ2v) is 8.75. The van der Waals surface area contributed by atoms with Gasteiger partial charge in [-0.1, -0.05) is 30.4 Å². The molecule has 2 atom stereocenters. The summed E-state index contributed by atoms with van der Waals surface area (Å²) in [6.45, 7) is 1.68. The molecule has 2 unspecified atom stereocenters. The van der Waals surface area contributed by atoms with E-state index in [-0.39, 0.29) is 18.0 Å². The monoisotopic (exact) mass is 440 g/mol. The van der Waals surface area contributed by atoms with Crippen molar-refractivity contribution >= 4 is 23.6 Å². The van der Waals surface area contributed by atoms with Gasteiger partial charge in [0.15, 0.2) is 0 Å². The van der Waals surface area contributed by atoms with E-state index >= 15 is 0 Å². The number of hydrogen-bond donors (Lipinski definition) is 2. The van der Waals surface area contributed by atoms with Crippen molar-refractivity contribution in [2.75, 3.05) is 37.4 Å². The SMILES string of the molecule is CNc1nc(N2CCC(N)CC2)nc(-c2ccc(C#N)cc2)c1C1=CC2C=NN(C)C2C=C1. The van der Waals surface area contributed by atoms with Gasteiger partial charge < -0.3 is 16.0 Å². The van der Waals surface area contributed by atoms with Crippen LogP contribution < -0.4 is 16.0 Å². The van der Waals surface area contributed by atoms with E-state index in [1.54, 1.807) is 0 Å². The van der Waals surface area contributed by atoms with E-state index in [1.165, 1.54) is 0 Å².